The summed E-state index contributed by atoms with van der Waals surface area (Å²) in [5.41, 5.74) is 2.30. The van der Waals surface area contributed by atoms with Crippen LogP contribution in [-0.2, 0) is 34.7 Å². The van der Waals surface area contributed by atoms with E-state index in [9.17, 15) is 14.7 Å². The number of aromatic nitrogens is 3. The maximum Gasteiger partial charge on any atom is 0.264 e. The number of rotatable bonds is 12. The number of hydrogen-bond donors (Lipinski definition) is 2. The van der Waals surface area contributed by atoms with E-state index in [2.05, 4.69) is 10.3 Å². The van der Waals surface area contributed by atoms with Gasteiger partial charge in [0.1, 0.15) is 0 Å². The van der Waals surface area contributed by atoms with Gasteiger partial charge in [-0.05, 0) is 54.4 Å². The minimum absolute atomic E-state index is 0.0174. The number of aliphatic hydroxyl groups is 2. The molecule has 0 unspecified atom stereocenters. The summed E-state index contributed by atoms with van der Waals surface area (Å²) in [7, 11) is 0. The van der Waals surface area contributed by atoms with Crippen LogP contribution in [0.25, 0.3) is 0 Å². The molecule has 42 heavy (non-hydrogen) atoms. The third-order valence-corrected chi connectivity index (χ3v) is 7.72. The van der Waals surface area contributed by atoms with E-state index in [0.717, 1.165) is 23.4 Å². The van der Waals surface area contributed by atoms with Gasteiger partial charge >= 0.3 is 0 Å². The highest BCUT2D eigenvalue weighted by molar-refractivity contribution is 6.31. The van der Waals surface area contributed by atoms with Crippen LogP contribution in [0.5, 0.6) is 0 Å². The van der Waals surface area contributed by atoms with Gasteiger partial charge < -0.3 is 15.1 Å². The van der Waals surface area contributed by atoms with Crippen molar-refractivity contribution in [2.75, 3.05) is 16.4 Å². The van der Waals surface area contributed by atoms with Crippen molar-refractivity contribution >= 4 is 41.0 Å². The van der Waals surface area contributed by atoms with E-state index < -0.39 is 17.4 Å². The minimum Gasteiger partial charge on any atom is -0.396 e. The predicted octanol–water partition coefficient (Wildman–Crippen LogP) is 4.78. The number of para-hydroxylation sites is 1. The molecule has 0 saturated carbocycles. The van der Waals surface area contributed by atoms with Gasteiger partial charge in [0.05, 0.1) is 17.9 Å². The molecule has 10 heteroatoms. The van der Waals surface area contributed by atoms with Gasteiger partial charge in [-0.3, -0.25) is 19.2 Å². The maximum absolute atomic E-state index is 13.9. The zero-order valence-electron chi connectivity index (χ0n) is 23.2. The van der Waals surface area contributed by atoms with Crippen LogP contribution in [0.2, 0.25) is 5.02 Å². The van der Waals surface area contributed by atoms with Crippen LogP contribution in [0.3, 0.4) is 0 Å². The Kier molecular flexibility index (Phi) is 8.82. The monoisotopic (exact) mass is 585 g/mol. The van der Waals surface area contributed by atoms with E-state index in [1.807, 2.05) is 73.7 Å². The molecule has 2 N–H and O–H groups in total. The maximum atomic E-state index is 13.9. The molecule has 216 valence electrons. The Morgan fingerprint density at radius 3 is 2.52 bits per heavy atom. The van der Waals surface area contributed by atoms with Gasteiger partial charge in [0.25, 0.3) is 5.91 Å². The predicted molar refractivity (Wildman–Crippen MR) is 161 cm³/mol. The Morgan fingerprint density at radius 2 is 1.81 bits per heavy atom. The van der Waals surface area contributed by atoms with Crippen LogP contribution in [-0.4, -0.2) is 44.1 Å². The smallest absolute Gasteiger partial charge is 0.264 e. The van der Waals surface area contributed by atoms with Crippen molar-refractivity contribution in [3.05, 3.63) is 113 Å². The summed E-state index contributed by atoms with van der Waals surface area (Å²) in [4.78, 5) is 28.8. The Morgan fingerprint density at radius 1 is 1.07 bits per heavy atom. The number of anilines is 3. The molecule has 9 nitrogen and oxygen atoms in total. The largest absolute Gasteiger partial charge is 0.396 e. The summed E-state index contributed by atoms with van der Waals surface area (Å²) in [6.45, 7) is 2.64. The van der Waals surface area contributed by atoms with E-state index in [0.29, 0.717) is 41.3 Å². The van der Waals surface area contributed by atoms with Crippen LogP contribution in [0.15, 0.2) is 91.1 Å². The average Bonchev–Trinajstić information content (AvgIpc) is 3.54. The fourth-order valence-electron chi connectivity index (χ4n) is 5.20. The standard InChI is InChI=1S/C32H32ClN5O4/c1-23(7-5-6-17-36-21-26(16-18-39)34-35-36)32(42)29-19-25(33)12-15-30(29)37(31(32)41)20-24-10-13-28(14-11-24)38(22-40)27-8-3-2-4-9-27/h2-5,7-15,19,21-23,39,42H,6,16-18,20H2,1H3/b7-5+/t23-,32+/m1/s1. The summed E-state index contributed by atoms with van der Waals surface area (Å²) < 4.78 is 1.70. The van der Waals surface area contributed by atoms with Crippen LogP contribution in [0.1, 0.15) is 30.2 Å². The normalized spacial score (nSPS) is 17.0. The number of aryl methyl sites for hydroxylation is 1. The number of aliphatic hydroxyl groups excluding tert-OH is 1. The summed E-state index contributed by atoms with van der Waals surface area (Å²) >= 11 is 6.32. The third-order valence-electron chi connectivity index (χ3n) is 7.49. The average molecular weight is 586 g/mol. The van der Waals surface area contributed by atoms with E-state index >= 15 is 0 Å². The molecule has 0 saturated heterocycles. The quantitative estimate of drug-likeness (QED) is 0.183. The molecule has 1 aromatic heterocycles. The molecule has 0 spiro atoms. The second kappa shape index (κ2) is 12.7. The molecule has 0 radical (unpaired) electrons. The molecule has 4 aromatic rings. The highest BCUT2D eigenvalue weighted by Crippen LogP contribution is 2.46. The Labute approximate surface area is 249 Å². The van der Waals surface area contributed by atoms with Crippen molar-refractivity contribution in [1.29, 1.82) is 0 Å². The lowest BCUT2D eigenvalue weighted by molar-refractivity contribution is -0.139. The van der Waals surface area contributed by atoms with Crippen molar-refractivity contribution in [3.8, 4) is 0 Å². The molecule has 3 aromatic carbocycles. The molecule has 2 amide bonds. The van der Waals surface area contributed by atoms with Gasteiger partial charge in [0.15, 0.2) is 5.60 Å². The zero-order chi connectivity index (χ0) is 29.7. The molecule has 1 aliphatic heterocycles. The molecular weight excluding hydrogens is 554 g/mol. The van der Waals surface area contributed by atoms with Crippen LogP contribution in [0, 0.1) is 5.92 Å². The lowest BCUT2D eigenvalue weighted by Crippen LogP contribution is -2.44. The van der Waals surface area contributed by atoms with Gasteiger partial charge in [0, 0.05) is 53.6 Å². The number of allylic oxidation sites excluding steroid dienone is 1. The summed E-state index contributed by atoms with van der Waals surface area (Å²) in [6, 6.07) is 21.9. The van der Waals surface area contributed by atoms with Gasteiger partial charge in [0.2, 0.25) is 6.41 Å². The van der Waals surface area contributed by atoms with Crippen molar-refractivity contribution < 1.29 is 19.8 Å². The number of halogens is 1. The molecule has 2 atom stereocenters. The number of nitrogens with zero attached hydrogens (tertiary/aromatic N) is 5. The number of fused-ring (bicyclic) bond motifs is 1. The first kappa shape index (κ1) is 29.2. The Bertz CT molecular complexity index is 1570. The first-order valence-electron chi connectivity index (χ1n) is 13.7. The second-order valence-corrected chi connectivity index (χ2v) is 10.7. The van der Waals surface area contributed by atoms with Crippen LogP contribution < -0.4 is 9.80 Å². The minimum atomic E-state index is -1.79. The molecule has 0 aliphatic carbocycles. The van der Waals surface area contributed by atoms with Crippen LogP contribution >= 0.6 is 11.6 Å². The van der Waals surface area contributed by atoms with Crippen molar-refractivity contribution in [2.45, 2.75) is 38.5 Å². The van der Waals surface area contributed by atoms with Gasteiger partial charge in [-0.2, -0.15) is 0 Å². The Balaban J connectivity index is 1.32. The summed E-state index contributed by atoms with van der Waals surface area (Å²) in [6.07, 6.45) is 7.39. The number of benzene rings is 3. The summed E-state index contributed by atoms with van der Waals surface area (Å²) in [5, 5.41) is 29.5. The van der Waals surface area contributed by atoms with E-state index in [-0.39, 0.29) is 13.2 Å². The third kappa shape index (κ3) is 5.85. The molecule has 1 aliphatic rings. The summed E-state index contributed by atoms with van der Waals surface area (Å²) in [5.74, 6) is -0.966. The topological polar surface area (TPSA) is 112 Å². The lowest BCUT2D eigenvalue weighted by Gasteiger charge is -2.28. The van der Waals surface area contributed by atoms with Crippen LogP contribution in [0.4, 0.5) is 17.1 Å². The second-order valence-electron chi connectivity index (χ2n) is 10.2. The molecule has 0 bridgehead atoms. The zero-order valence-corrected chi connectivity index (χ0v) is 23.9. The number of carbonyl (C=O) groups is 2. The lowest BCUT2D eigenvalue weighted by atomic mass is 9.83. The first-order chi connectivity index (χ1) is 20.3. The molecule has 2 heterocycles. The highest BCUT2D eigenvalue weighted by Gasteiger charge is 2.52. The fourth-order valence-corrected chi connectivity index (χ4v) is 5.38. The first-order valence-corrected chi connectivity index (χ1v) is 14.1. The van der Waals surface area contributed by atoms with E-state index in [4.69, 9.17) is 16.7 Å². The number of carbonyl (C=O) groups excluding carboxylic acids is 2. The van der Waals surface area contributed by atoms with E-state index in [1.165, 1.54) is 0 Å². The van der Waals surface area contributed by atoms with Crippen molar-refractivity contribution in [3.63, 3.8) is 0 Å². The van der Waals surface area contributed by atoms with Gasteiger partial charge in [-0.15, -0.1) is 5.10 Å². The number of hydrogen-bond acceptors (Lipinski definition) is 6. The van der Waals surface area contributed by atoms with E-state index in [1.54, 1.807) is 38.9 Å². The SMILES string of the molecule is C[C@H](/C=C/CCn1cc(CCO)nn1)[C@@]1(O)C(=O)N(Cc2ccc(N(C=O)c3ccccc3)cc2)c2ccc(Cl)cc21. The van der Waals surface area contributed by atoms with Crippen molar-refractivity contribution in [1.82, 2.24) is 15.0 Å². The number of amides is 2. The fraction of sp³-hybridized carbons (Fsp3) is 0.250. The molecular formula is C32H32ClN5O4. The highest BCUT2D eigenvalue weighted by atomic mass is 35.5. The van der Waals surface area contributed by atoms with Crippen molar-refractivity contribution in [2.24, 2.45) is 5.92 Å². The van der Waals surface area contributed by atoms with Gasteiger partial charge in [-0.25, -0.2) is 0 Å². The Hall–Kier alpha value is -4.31. The van der Waals surface area contributed by atoms with Gasteiger partial charge in [-0.1, -0.05) is 66.2 Å². The molecule has 0 fully saturated rings. The molecule has 5 rings (SSSR count).